The van der Waals surface area contributed by atoms with Crippen molar-refractivity contribution in [2.45, 2.75) is 46.1 Å². The van der Waals surface area contributed by atoms with Crippen molar-refractivity contribution in [3.63, 3.8) is 0 Å². The van der Waals surface area contributed by atoms with E-state index < -0.39 is 12.0 Å². The summed E-state index contributed by atoms with van der Waals surface area (Å²) in [6.07, 6.45) is 1.30. The van der Waals surface area contributed by atoms with E-state index >= 15 is 0 Å². The summed E-state index contributed by atoms with van der Waals surface area (Å²) < 4.78 is 0. The van der Waals surface area contributed by atoms with Gasteiger partial charge in [0.05, 0.1) is 6.04 Å². The Morgan fingerprint density at radius 2 is 1.91 bits per heavy atom. The highest BCUT2D eigenvalue weighted by molar-refractivity contribution is 5.81. The minimum atomic E-state index is -0.839. The number of hydrogen-bond donors (Lipinski definition) is 3. The lowest BCUT2D eigenvalue weighted by Crippen LogP contribution is -2.44. The maximum absolute atomic E-state index is 12.2. The molecule has 0 aliphatic rings. The van der Waals surface area contributed by atoms with E-state index in [-0.39, 0.29) is 18.2 Å². The zero-order valence-corrected chi connectivity index (χ0v) is 14.2. The normalized spacial score (nSPS) is 13.6. The van der Waals surface area contributed by atoms with Gasteiger partial charge in [-0.2, -0.15) is 0 Å². The van der Waals surface area contributed by atoms with E-state index in [4.69, 9.17) is 10.8 Å². The first-order valence-electron chi connectivity index (χ1n) is 8.09. The Kier molecular flexibility index (Phi) is 7.75. The van der Waals surface area contributed by atoms with Crippen molar-refractivity contribution in [2.24, 2.45) is 17.6 Å². The molecule has 0 saturated carbocycles. The van der Waals surface area contributed by atoms with E-state index in [0.29, 0.717) is 18.9 Å². The molecule has 0 fully saturated rings. The standard InChI is InChI=1S/C18H28N2O3/c1-12(2)8-14(9-17(21)22)11-20-18(23)16(19)10-15-7-5-4-6-13(15)3/h4-7,12,14,16H,8-11,19H2,1-3H3,(H,20,23)(H,21,22)/t14-,16+/m0/s1. The fraction of sp³-hybridized carbons (Fsp3) is 0.556. The van der Waals surface area contributed by atoms with Crippen molar-refractivity contribution in [3.8, 4) is 0 Å². The molecule has 4 N–H and O–H groups in total. The highest BCUT2D eigenvalue weighted by atomic mass is 16.4. The van der Waals surface area contributed by atoms with Crippen molar-refractivity contribution >= 4 is 11.9 Å². The molecule has 1 aromatic carbocycles. The van der Waals surface area contributed by atoms with Crippen molar-refractivity contribution < 1.29 is 14.7 Å². The van der Waals surface area contributed by atoms with Gasteiger partial charge in [0.2, 0.25) is 5.91 Å². The maximum Gasteiger partial charge on any atom is 0.303 e. The molecule has 128 valence electrons. The summed E-state index contributed by atoms with van der Waals surface area (Å²) in [6, 6.07) is 7.21. The summed E-state index contributed by atoms with van der Waals surface area (Å²) in [6.45, 7) is 6.43. The monoisotopic (exact) mass is 320 g/mol. The Morgan fingerprint density at radius 1 is 1.26 bits per heavy atom. The van der Waals surface area contributed by atoms with E-state index in [1.807, 2.05) is 45.0 Å². The quantitative estimate of drug-likeness (QED) is 0.650. The fourth-order valence-electron chi connectivity index (χ4n) is 2.70. The van der Waals surface area contributed by atoms with Gasteiger partial charge in [-0.05, 0) is 42.7 Å². The minimum Gasteiger partial charge on any atom is -0.481 e. The maximum atomic E-state index is 12.2. The zero-order valence-electron chi connectivity index (χ0n) is 14.2. The van der Waals surface area contributed by atoms with Gasteiger partial charge < -0.3 is 16.2 Å². The molecule has 1 amide bonds. The number of rotatable bonds is 9. The van der Waals surface area contributed by atoms with Crippen LogP contribution >= 0.6 is 0 Å². The van der Waals surface area contributed by atoms with Crippen LogP contribution in [0, 0.1) is 18.8 Å². The van der Waals surface area contributed by atoms with Crippen molar-refractivity contribution in [3.05, 3.63) is 35.4 Å². The molecule has 23 heavy (non-hydrogen) atoms. The van der Waals surface area contributed by atoms with Crippen LogP contribution in [-0.4, -0.2) is 29.6 Å². The second-order valence-electron chi connectivity index (χ2n) is 6.58. The zero-order chi connectivity index (χ0) is 17.4. The van der Waals surface area contributed by atoms with Crippen molar-refractivity contribution in [1.82, 2.24) is 5.32 Å². The van der Waals surface area contributed by atoms with E-state index in [1.165, 1.54) is 0 Å². The van der Waals surface area contributed by atoms with Gasteiger partial charge in [-0.25, -0.2) is 0 Å². The molecule has 0 radical (unpaired) electrons. The van der Waals surface area contributed by atoms with Gasteiger partial charge in [-0.15, -0.1) is 0 Å². The van der Waals surface area contributed by atoms with Crippen molar-refractivity contribution in [2.75, 3.05) is 6.54 Å². The highest BCUT2D eigenvalue weighted by Crippen LogP contribution is 2.15. The lowest BCUT2D eigenvalue weighted by molar-refractivity contribution is -0.138. The van der Waals surface area contributed by atoms with Gasteiger partial charge in [0.15, 0.2) is 0 Å². The Balaban J connectivity index is 2.53. The number of benzene rings is 1. The number of nitrogens with two attached hydrogens (primary N) is 1. The number of carboxylic acid groups (broad SMARTS) is 1. The predicted octanol–water partition coefficient (Wildman–Crippen LogP) is 2.12. The summed E-state index contributed by atoms with van der Waals surface area (Å²) in [4.78, 5) is 23.1. The van der Waals surface area contributed by atoms with Gasteiger partial charge in [0.25, 0.3) is 0 Å². The molecule has 1 rings (SSSR count). The number of carbonyl (C=O) groups excluding carboxylic acids is 1. The van der Waals surface area contributed by atoms with Gasteiger partial charge in [0, 0.05) is 13.0 Å². The summed E-state index contributed by atoms with van der Waals surface area (Å²) in [5.41, 5.74) is 8.14. The van der Waals surface area contributed by atoms with E-state index in [2.05, 4.69) is 5.32 Å². The van der Waals surface area contributed by atoms with Crippen LogP contribution in [0.15, 0.2) is 24.3 Å². The second kappa shape index (κ2) is 9.30. The Labute approximate surface area is 138 Å². The van der Waals surface area contributed by atoms with E-state index in [9.17, 15) is 9.59 Å². The highest BCUT2D eigenvalue weighted by Gasteiger charge is 2.19. The third-order valence-corrected chi connectivity index (χ3v) is 3.87. The number of aliphatic carboxylic acids is 1. The first kappa shape index (κ1) is 19.2. The third-order valence-electron chi connectivity index (χ3n) is 3.87. The summed E-state index contributed by atoms with van der Waals surface area (Å²) in [5, 5.41) is 11.8. The van der Waals surface area contributed by atoms with Gasteiger partial charge >= 0.3 is 5.97 Å². The van der Waals surface area contributed by atoms with Gasteiger partial charge in [0.1, 0.15) is 0 Å². The molecule has 5 nitrogen and oxygen atoms in total. The number of nitrogens with one attached hydrogen (secondary N) is 1. The Bertz CT molecular complexity index is 529. The van der Waals surface area contributed by atoms with E-state index in [0.717, 1.165) is 17.5 Å². The molecular weight excluding hydrogens is 292 g/mol. The van der Waals surface area contributed by atoms with Gasteiger partial charge in [-0.1, -0.05) is 38.1 Å². The molecule has 0 saturated heterocycles. The van der Waals surface area contributed by atoms with Gasteiger partial charge in [-0.3, -0.25) is 9.59 Å². The van der Waals surface area contributed by atoms with Crippen LogP contribution in [0.2, 0.25) is 0 Å². The molecule has 1 aromatic rings. The molecule has 2 atom stereocenters. The Morgan fingerprint density at radius 3 is 2.48 bits per heavy atom. The minimum absolute atomic E-state index is 0.0610. The van der Waals surface area contributed by atoms with Crippen LogP contribution in [0.25, 0.3) is 0 Å². The number of hydrogen-bond acceptors (Lipinski definition) is 3. The predicted molar refractivity (Wildman–Crippen MR) is 91.1 cm³/mol. The molecule has 0 aliphatic carbocycles. The second-order valence-corrected chi connectivity index (χ2v) is 6.58. The topological polar surface area (TPSA) is 92.4 Å². The molecule has 0 unspecified atom stereocenters. The van der Waals surface area contributed by atoms with Crippen LogP contribution < -0.4 is 11.1 Å². The van der Waals surface area contributed by atoms with E-state index in [1.54, 1.807) is 0 Å². The molecule has 0 aromatic heterocycles. The fourth-order valence-corrected chi connectivity index (χ4v) is 2.70. The summed E-state index contributed by atoms with van der Waals surface area (Å²) >= 11 is 0. The van der Waals surface area contributed by atoms with Crippen LogP contribution in [-0.2, 0) is 16.0 Å². The largest absolute Gasteiger partial charge is 0.481 e. The van der Waals surface area contributed by atoms with Crippen LogP contribution in [0.3, 0.4) is 0 Å². The molecule has 0 aliphatic heterocycles. The SMILES string of the molecule is Cc1ccccc1C[C@@H](N)C(=O)NC[C@H](CC(=O)O)CC(C)C. The Hall–Kier alpha value is -1.88. The smallest absolute Gasteiger partial charge is 0.303 e. The lowest BCUT2D eigenvalue weighted by atomic mass is 9.94. The average molecular weight is 320 g/mol. The molecule has 0 spiro atoms. The molecule has 0 heterocycles. The first-order valence-corrected chi connectivity index (χ1v) is 8.09. The summed E-state index contributed by atoms with van der Waals surface area (Å²) in [5.74, 6) is -0.750. The molecule has 0 bridgehead atoms. The number of aryl methyl sites for hydroxylation is 1. The van der Waals surface area contributed by atoms with Crippen molar-refractivity contribution in [1.29, 1.82) is 0 Å². The molecular formula is C18H28N2O3. The number of carboxylic acids is 1. The summed E-state index contributed by atoms with van der Waals surface area (Å²) in [7, 11) is 0. The number of amides is 1. The third kappa shape index (κ3) is 7.28. The first-order chi connectivity index (χ1) is 10.8. The molecule has 5 heteroatoms. The van der Waals surface area contributed by atoms with Crippen LogP contribution in [0.1, 0.15) is 37.8 Å². The van der Waals surface area contributed by atoms with Crippen LogP contribution in [0.4, 0.5) is 0 Å². The number of carbonyl (C=O) groups is 2. The lowest BCUT2D eigenvalue weighted by Gasteiger charge is -2.19. The van der Waals surface area contributed by atoms with Crippen LogP contribution in [0.5, 0.6) is 0 Å². The average Bonchev–Trinajstić information content (AvgIpc) is 2.45.